The van der Waals surface area contributed by atoms with Gasteiger partial charge in [-0.25, -0.2) is 4.39 Å². The number of carbonyl (C=O) groups is 1. The number of carboxylic acid groups (broad SMARTS) is 1. The number of methoxy groups -OCH3 is 1. The number of ether oxygens (including phenoxy) is 1. The first-order valence-corrected chi connectivity index (χ1v) is 9.41. The number of likely N-dealkylation sites (tertiary alicyclic amines) is 1. The first kappa shape index (κ1) is 19.9. The van der Waals surface area contributed by atoms with Crippen LogP contribution >= 0.6 is 23.2 Å². The minimum atomic E-state index is -0.767. The summed E-state index contributed by atoms with van der Waals surface area (Å²) in [6.07, 6.45) is 1.09. The number of aliphatic carboxylic acids is 1. The molecule has 1 saturated heterocycles. The summed E-state index contributed by atoms with van der Waals surface area (Å²) in [5.41, 5.74) is 1.63. The molecule has 1 aliphatic rings. The lowest BCUT2D eigenvalue weighted by Gasteiger charge is -2.37. The molecule has 1 aliphatic heterocycles. The standard InChI is InChI=1S/C20H20Cl2FNO3/c1-27-18-5-3-14(11-17(18)23)19(13-2-4-15(21)16(22)10-13)24-8-6-12(7-9-24)20(25)26/h2-5,10-12,19H,6-9H2,1H3,(H,25,26). The van der Waals surface area contributed by atoms with Crippen LogP contribution in [0.3, 0.4) is 0 Å². The van der Waals surface area contributed by atoms with Crippen LogP contribution in [-0.4, -0.2) is 36.2 Å². The van der Waals surface area contributed by atoms with Crippen molar-refractivity contribution in [2.45, 2.75) is 18.9 Å². The van der Waals surface area contributed by atoms with Gasteiger partial charge in [0.05, 0.1) is 29.1 Å². The molecule has 1 atom stereocenters. The molecule has 7 heteroatoms. The largest absolute Gasteiger partial charge is 0.494 e. The summed E-state index contributed by atoms with van der Waals surface area (Å²) in [5, 5.41) is 10.1. The van der Waals surface area contributed by atoms with E-state index in [1.807, 2.05) is 12.1 Å². The van der Waals surface area contributed by atoms with Crippen molar-refractivity contribution >= 4 is 29.2 Å². The van der Waals surface area contributed by atoms with E-state index in [-0.39, 0.29) is 17.7 Å². The summed E-state index contributed by atoms with van der Waals surface area (Å²) < 4.78 is 19.4. The normalized spacial score (nSPS) is 16.9. The molecule has 1 heterocycles. The Morgan fingerprint density at radius 2 is 1.78 bits per heavy atom. The van der Waals surface area contributed by atoms with Crippen LogP contribution in [0, 0.1) is 11.7 Å². The third kappa shape index (κ3) is 4.37. The molecular formula is C20H20Cl2FNO3. The van der Waals surface area contributed by atoms with E-state index in [4.69, 9.17) is 27.9 Å². The van der Waals surface area contributed by atoms with Crippen molar-refractivity contribution in [2.75, 3.05) is 20.2 Å². The van der Waals surface area contributed by atoms with Gasteiger partial charge in [-0.3, -0.25) is 9.69 Å². The van der Waals surface area contributed by atoms with E-state index in [2.05, 4.69) is 4.90 Å². The zero-order chi connectivity index (χ0) is 19.6. The average molecular weight is 412 g/mol. The second kappa shape index (κ2) is 8.46. The van der Waals surface area contributed by atoms with Gasteiger partial charge in [-0.15, -0.1) is 0 Å². The molecule has 1 N–H and O–H groups in total. The number of carboxylic acids is 1. The molecule has 27 heavy (non-hydrogen) atoms. The smallest absolute Gasteiger partial charge is 0.306 e. The lowest BCUT2D eigenvalue weighted by Crippen LogP contribution is -2.39. The SMILES string of the molecule is COc1ccc(C(c2ccc(Cl)c(Cl)c2)N2CCC(C(=O)O)CC2)cc1F. The first-order chi connectivity index (χ1) is 12.9. The van der Waals surface area contributed by atoms with Gasteiger partial charge in [-0.05, 0) is 61.3 Å². The minimum Gasteiger partial charge on any atom is -0.494 e. The Balaban J connectivity index is 1.98. The van der Waals surface area contributed by atoms with Crippen molar-refractivity contribution in [3.05, 3.63) is 63.4 Å². The maximum atomic E-state index is 14.3. The van der Waals surface area contributed by atoms with Gasteiger partial charge in [-0.2, -0.15) is 0 Å². The van der Waals surface area contributed by atoms with E-state index >= 15 is 0 Å². The van der Waals surface area contributed by atoms with Crippen molar-refractivity contribution in [1.29, 1.82) is 0 Å². The molecule has 2 aromatic rings. The van der Waals surface area contributed by atoms with Crippen LogP contribution in [0.5, 0.6) is 5.75 Å². The molecule has 0 radical (unpaired) electrons. The highest BCUT2D eigenvalue weighted by atomic mass is 35.5. The molecule has 3 rings (SSSR count). The van der Waals surface area contributed by atoms with Gasteiger partial charge in [0.2, 0.25) is 0 Å². The minimum absolute atomic E-state index is 0.177. The van der Waals surface area contributed by atoms with Gasteiger partial charge in [0.25, 0.3) is 0 Å². The van der Waals surface area contributed by atoms with Crippen LogP contribution in [0.2, 0.25) is 10.0 Å². The molecule has 0 aromatic heterocycles. The molecule has 0 bridgehead atoms. The summed E-state index contributed by atoms with van der Waals surface area (Å²) in [6.45, 7) is 1.19. The van der Waals surface area contributed by atoms with Crippen LogP contribution < -0.4 is 4.74 Å². The zero-order valence-electron chi connectivity index (χ0n) is 14.8. The predicted molar refractivity (Wildman–Crippen MR) is 103 cm³/mol. The average Bonchev–Trinajstić information content (AvgIpc) is 2.65. The molecule has 1 fully saturated rings. The second-order valence-corrected chi connectivity index (χ2v) is 7.43. The number of nitrogens with zero attached hydrogens (tertiary/aromatic N) is 1. The third-order valence-corrected chi connectivity index (χ3v) is 5.73. The quantitative estimate of drug-likeness (QED) is 0.749. The Hall–Kier alpha value is -1.82. The van der Waals surface area contributed by atoms with Crippen LogP contribution in [-0.2, 0) is 4.79 Å². The molecule has 0 saturated carbocycles. The predicted octanol–water partition coefficient (Wildman–Crippen LogP) is 5.03. The first-order valence-electron chi connectivity index (χ1n) is 8.66. The molecule has 4 nitrogen and oxygen atoms in total. The van der Waals surface area contributed by atoms with Crippen LogP contribution in [0.4, 0.5) is 4.39 Å². The summed E-state index contributed by atoms with van der Waals surface area (Å²) in [7, 11) is 1.42. The second-order valence-electron chi connectivity index (χ2n) is 6.62. The molecule has 0 spiro atoms. The van der Waals surface area contributed by atoms with Gasteiger partial charge in [0.1, 0.15) is 0 Å². The fourth-order valence-electron chi connectivity index (χ4n) is 3.55. The van der Waals surface area contributed by atoms with E-state index in [1.165, 1.54) is 13.2 Å². The number of benzene rings is 2. The molecule has 0 amide bonds. The lowest BCUT2D eigenvalue weighted by atomic mass is 9.91. The maximum Gasteiger partial charge on any atom is 0.306 e. The van der Waals surface area contributed by atoms with Crippen LogP contribution in [0.15, 0.2) is 36.4 Å². The highest BCUT2D eigenvalue weighted by molar-refractivity contribution is 6.42. The van der Waals surface area contributed by atoms with Crippen molar-refractivity contribution in [3.63, 3.8) is 0 Å². The number of halogens is 3. The van der Waals surface area contributed by atoms with E-state index in [9.17, 15) is 14.3 Å². The van der Waals surface area contributed by atoms with Crippen LogP contribution in [0.1, 0.15) is 30.0 Å². The maximum absolute atomic E-state index is 14.3. The number of hydrogen-bond acceptors (Lipinski definition) is 3. The highest BCUT2D eigenvalue weighted by Gasteiger charge is 2.30. The van der Waals surface area contributed by atoms with Gasteiger partial charge >= 0.3 is 5.97 Å². The number of rotatable bonds is 5. The van der Waals surface area contributed by atoms with E-state index < -0.39 is 11.8 Å². The summed E-state index contributed by atoms with van der Waals surface area (Å²) in [5.74, 6) is -1.38. The molecule has 2 aromatic carbocycles. The number of piperidine rings is 1. The Morgan fingerprint density at radius 3 is 2.33 bits per heavy atom. The van der Waals surface area contributed by atoms with Gasteiger partial charge in [0, 0.05) is 0 Å². The summed E-state index contributed by atoms with van der Waals surface area (Å²) >= 11 is 12.3. The monoisotopic (exact) mass is 411 g/mol. The highest BCUT2D eigenvalue weighted by Crippen LogP contribution is 2.36. The van der Waals surface area contributed by atoms with Gasteiger partial charge in [0.15, 0.2) is 11.6 Å². The van der Waals surface area contributed by atoms with Gasteiger partial charge in [-0.1, -0.05) is 35.3 Å². The van der Waals surface area contributed by atoms with Crippen molar-refractivity contribution < 1.29 is 19.0 Å². The molecule has 0 aliphatic carbocycles. The Kier molecular flexibility index (Phi) is 6.25. The van der Waals surface area contributed by atoms with Crippen molar-refractivity contribution in [3.8, 4) is 5.75 Å². The molecule has 1 unspecified atom stereocenters. The van der Waals surface area contributed by atoms with Crippen molar-refractivity contribution in [2.24, 2.45) is 5.92 Å². The van der Waals surface area contributed by atoms with Crippen LogP contribution in [0.25, 0.3) is 0 Å². The van der Waals surface area contributed by atoms with E-state index in [0.29, 0.717) is 36.0 Å². The van der Waals surface area contributed by atoms with E-state index in [1.54, 1.807) is 18.2 Å². The zero-order valence-corrected chi connectivity index (χ0v) is 16.3. The fraction of sp³-hybridized carbons (Fsp3) is 0.350. The Bertz CT molecular complexity index is 838. The third-order valence-electron chi connectivity index (χ3n) is 4.99. The van der Waals surface area contributed by atoms with Crippen molar-refractivity contribution in [1.82, 2.24) is 4.90 Å². The topological polar surface area (TPSA) is 49.8 Å². The van der Waals surface area contributed by atoms with Gasteiger partial charge < -0.3 is 9.84 Å². The summed E-state index contributed by atoms with van der Waals surface area (Å²) in [6, 6.07) is 9.97. The Labute approximate surface area is 167 Å². The lowest BCUT2D eigenvalue weighted by molar-refractivity contribution is -0.143. The molecular weight excluding hydrogens is 392 g/mol. The summed E-state index contributed by atoms with van der Waals surface area (Å²) in [4.78, 5) is 13.4. The van der Waals surface area contributed by atoms with E-state index in [0.717, 1.165) is 11.1 Å². The fourth-order valence-corrected chi connectivity index (χ4v) is 3.86. The Morgan fingerprint density at radius 1 is 1.15 bits per heavy atom. The number of hydrogen-bond donors (Lipinski definition) is 1. The molecule has 144 valence electrons.